The van der Waals surface area contributed by atoms with Crippen LogP contribution in [-0.2, 0) is 33.3 Å². The molecule has 0 aliphatic heterocycles. The van der Waals surface area contributed by atoms with Crippen LogP contribution in [0, 0.1) is 0 Å². The number of rotatable bonds is 60. The van der Waals surface area contributed by atoms with Gasteiger partial charge in [0.05, 0.1) is 40.3 Å². The molecular formula is C74H123NO8. The van der Waals surface area contributed by atoms with Crippen LogP contribution in [0.2, 0.25) is 0 Å². The van der Waals surface area contributed by atoms with Crippen molar-refractivity contribution >= 4 is 17.9 Å². The molecule has 0 bridgehead atoms. The molecule has 9 nitrogen and oxygen atoms in total. The van der Waals surface area contributed by atoms with E-state index in [4.69, 9.17) is 18.9 Å². The number of allylic oxidation sites excluding steroid dienone is 22. The Balaban J connectivity index is 4.20. The molecule has 0 spiro atoms. The fourth-order valence-electron chi connectivity index (χ4n) is 8.79. The summed E-state index contributed by atoms with van der Waals surface area (Å²) in [6.45, 7) is 4.61. The molecule has 0 aromatic rings. The summed E-state index contributed by atoms with van der Waals surface area (Å²) in [6, 6.07) is 0. The van der Waals surface area contributed by atoms with Crippen molar-refractivity contribution in [1.29, 1.82) is 0 Å². The Hall–Kier alpha value is -4.57. The average molecular weight is 1150 g/mol. The molecule has 0 aromatic carbocycles. The van der Waals surface area contributed by atoms with E-state index in [0.717, 1.165) is 122 Å². The number of nitrogens with zero attached hydrogens (tertiary/aromatic N) is 1. The third-order valence-corrected chi connectivity index (χ3v) is 13.9. The number of unbranched alkanes of at least 4 members (excludes halogenated alkanes) is 23. The lowest BCUT2D eigenvalue weighted by Gasteiger charge is -2.26. The van der Waals surface area contributed by atoms with E-state index in [9.17, 15) is 19.5 Å². The highest BCUT2D eigenvalue weighted by Crippen LogP contribution is 2.15. The number of carbonyl (C=O) groups is 3. The Kier molecular flexibility index (Phi) is 60.0. The first-order valence-electron chi connectivity index (χ1n) is 33.3. The number of hydrogen-bond donors (Lipinski definition) is 0. The second-order valence-electron chi connectivity index (χ2n) is 23.0. The largest absolute Gasteiger partial charge is 0.545 e. The molecule has 472 valence electrons. The predicted molar refractivity (Wildman–Crippen MR) is 352 cm³/mol. The van der Waals surface area contributed by atoms with Gasteiger partial charge in [0.1, 0.15) is 13.2 Å². The van der Waals surface area contributed by atoms with E-state index in [1.807, 2.05) is 21.1 Å². The van der Waals surface area contributed by atoms with Crippen molar-refractivity contribution in [2.45, 2.75) is 270 Å². The molecule has 9 heteroatoms. The molecule has 0 fully saturated rings. The van der Waals surface area contributed by atoms with Crippen LogP contribution in [0.4, 0.5) is 0 Å². The lowest BCUT2D eigenvalue weighted by Crippen LogP contribution is -2.44. The lowest BCUT2D eigenvalue weighted by atomic mass is 10.1. The summed E-state index contributed by atoms with van der Waals surface area (Å²) in [4.78, 5) is 37.4. The Bertz CT molecular complexity index is 1820. The maximum Gasteiger partial charge on any atom is 0.306 e. The van der Waals surface area contributed by atoms with Crippen LogP contribution >= 0.6 is 0 Å². The van der Waals surface area contributed by atoms with Crippen molar-refractivity contribution in [1.82, 2.24) is 0 Å². The number of likely N-dealkylation sites (N-methyl/N-ethyl adjacent to an activating group) is 1. The number of quaternary nitrogens is 1. The molecule has 2 atom stereocenters. The van der Waals surface area contributed by atoms with Crippen molar-refractivity contribution in [3.05, 3.63) is 134 Å². The van der Waals surface area contributed by atoms with Crippen molar-refractivity contribution in [3.8, 4) is 0 Å². The summed E-state index contributed by atoms with van der Waals surface area (Å²) < 4.78 is 22.7. The van der Waals surface area contributed by atoms with Gasteiger partial charge in [0.15, 0.2) is 12.4 Å². The van der Waals surface area contributed by atoms with E-state index < -0.39 is 24.3 Å². The third kappa shape index (κ3) is 64.8. The Morgan fingerprint density at radius 3 is 1.02 bits per heavy atom. The van der Waals surface area contributed by atoms with Crippen molar-refractivity contribution in [2.75, 3.05) is 47.5 Å². The molecule has 0 heterocycles. The van der Waals surface area contributed by atoms with E-state index in [2.05, 4.69) is 148 Å². The van der Waals surface area contributed by atoms with E-state index in [-0.39, 0.29) is 38.6 Å². The van der Waals surface area contributed by atoms with Crippen LogP contribution in [0.3, 0.4) is 0 Å². The number of aliphatic carboxylic acids is 1. The summed E-state index contributed by atoms with van der Waals surface area (Å²) in [5.41, 5.74) is 0. The summed E-state index contributed by atoms with van der Waals surface area (Å²) in [7, 11) is 5.92. The second kappa shape index (κ2) is 63.5. The minimum atomic E-state index is -1.63. The molecule has 0 rings (SSSR count). The zero-order valence-corrected chi connectivity index (χ0v) is 53.8. The quantitative estimate of drug-likeness (QED) is 0.0195. The highest BCUT2D eigenvalue weighted by molar-refractivity contribution is 5.70. The number of carboxylic acids is 1. The highest BCUT2D eigenvalue weighted by Gasteiger charge is 2.22. The molecule has 0 radical (unpaired) electrons. The van der Waals surface area contributed by atoms with Crippen molar-refractivity contribution < 1.29 is 42.9 Å². The fourth-order valence-corrected chi connectivity index (χ4v) is 8.79. The number of carboxylic acid groups (broad SMARTS) is 1. The first-order chi connectivity index (χ1) is 40.6. The van der Waals surface area contributed by atoms with Crippen LogP contribution in [-0.4, -0.2) is 82.3 Å². The first-order valence-corrected chi connectivity index (χ1v) is 33.3. The molecule has 0 saturated heterocycles. The van der Waals surface area contributed by atoms with Gasteiger partial charge in [-0.25, -0.2) is 0 Å². The van der Waals surface area contributed by atoms with Gasteiger partial charge in [0, 0.05) is 12.8 Å². The molecule has 83 heavy (non-hydrogen) atoms. The van der Waals surface area contributed by atoms with Gasteiger partial charge >= 0.3 is 11.9 Å². The smallest absolute Gasteiger partial charge is 0.306 e. The molecule has 0 aliphatic rings. The molecule has 0 N–H and O–H groups in total. The molecule has 0 aromatic heterocycles. The van der Waals surface area contributed by atoms with Gasteiger partial charge in [0.25, 0.3) is 0 Å². The van der Waals surface area contributed by atoms with E-state index in [1.165, 1.54) is 103 Å². The Labute approximate surface area is 509 Å². The molecular weight excluding hydrogens is 1030 g/mol. The topological polar surface area (TPSA) is 111 Å². The lowest BCUT2D eigenvalue weighted by molar-refractivity contribution is -0.870. The first kappa shape index (κ1) is 78.4. The minimum absolute atomic E-state index is 0.140. The average Bonchev–Trinajstić information content (AvgIpc) is 3.46. The predicted octanol–water partition coefficient (Wildman–Crippen LogP) is 19.2. The summed E-state index contributed by atoms with van der Waals surface area (Å²) >= 11 is 0. The van der Waals surface area contributed by atoms with Crippen LogP contribution in [0.25, 0.3) is 0 Å². The van der Waals surface area contributed by atoms with Crippen LogP contribution in [0.5, 0.6) is 0 Å². The zero-order chi connectivity index (χ0) is 60.5. The number of esters is 2. The molecule has 0 saturated carbocycles. The normalized spacial score (nSPS) is 13.6. The number of ether oxygens (including phenoxy) is 4. The Morgan fingerprint density at radius 2 is 0.687 bits per heavy atom. The second-order valence-corrected chi connectivity index (χ2v) is 23.0. The van der Waals surface area contributed by atoms with E-state index in [1.54, 1.807) is 0 Å². The van der Waals surface area contributed by atoms with Gasteiger partial charge in [-0.3, -0.25) is 9.59 Å². The summed E-state index contributed by atoms with van der Waals surface area (Å²) in [5, 5.41) is 11.8. The standard InChI is InChI=1S/C74H123NO8/c1-6-8-10-12-14-16-18-20-22-24-26-28-29-30-31-32-33-34-35-36-37-38-39-40-41-42-43-45-47-49-51-53-55-57-59-61-63-65-72(77)83-70(69-82-74(73(78)79)80-67-66-75(3,4)5)68-81-71(76)64-62-60-58-56-54-52-50-48-46-44-27-25-23-21-19-17-15-13-11-9-7-2/h8,10,14,16,19-22,25-28,30-31,33-34,36-37,39-40,42-43,70,74H,6-7,9,11-13,15,17-18,23-24,29,32,35,38,41,44-69H2,1-5H3/b10-8-,16-14-,21-19-,22-20-,27-25-,28-26-,31-30-,34-33-,37-36-,40-39-,43-42-. The zero-order valence-electron chi connectivity index (χ0n) is 53.8. The summed E-state index contributed by atoms with van der Waals surface area (Å²) in [5.74, 6) is -2.30. The third-order valence-electron chi connectivity index (χ3n) is 13.9. The van der Waals surface area contributed by atoms with Crippen LogP contribution < -0.4 is 5.11 Å². The molecule has 2 unspecified atom stereocenters. The van der Waals surface area contributed by atoms with Gasteiger partial charge in [-0.2, -0.15) is 0 Å². The molecule has 0 aliphatic carbocycles. The maximum absolute atomic E-state index is 12.9. The molecule has 0 amide bonds. The van der Waals surface area contributed by atoms with Gasteiger partial charge < -0.3 is 33.3 Å². The van der Waals surface area contributed by atoms with E-state index in [0.29, 0.717) is 17.4 Å². The van der Waals surface area contributed by atoms with Crippen molar-refractivity contribution in [2.24, 2.45) is 0 Å². The monoisotopic (exact) mass is 1150 g/mol. The van der Waals surface area contributed by atoms with Gasteiger partial charge in [-0.05, 0) is 116 Å². The number of hydrogen-bond acceptors (Lipinski definition) is 8. The van der Waals surface area contributed by atoms with Crippen LogP contribution in [0.1, 0.15) is 258 Å². The number of carbonyl (C=O) groups excluding carboxylic acids is 3. The van der Waals surface area contributed by atoms with Crippen molar-refractivity contribution in [3.63, 3.8) is 0 Å². The van der Waals surface area contributed by atoms with Gasteiger partial charge in [-0.15, -0.1) is 0 Å². The summed E-state index contributed by atoms with van der Waals surface area (Å²) in [6.07, 6.45) is 88.0. The Morgan fingerprint density at radius 1 is 0.373 bits per heavy atom. The van der Waals surface area contributed by atoms with Crippen LogP contribution in [0.15, 0.2) is 134 Å². The van der Waals surface area contributed by atoms with Gasteiger partial charge in [0.2, 0.25) is 0 Å². The van der Waals surface area contributed by atoms with Gasteiger partial charge in [-0.1, -0.05) is 263 Å². The fraction of sp³-hybridized carbons (Fsp3) is 0.662. The van der Waals surface area contributed by atoms with E-state index >= 15 is 0 Å². The SMILES string of the molecule is CC/C=C\C/C=C\C/C=C\C/C=C\C/C=C\C/C=C\C/C=C\C/C=C\C/C=C\CCCCCCCCCCCC(=O)OC(COC(=O)CCCCCCCCCCC/C=C\C/C=C\CCCCCCC)COC(OCC[N+](C)(C)C)C(=O)[O-]. The minimum Gasteiger partial charge on any atom is -0.545 e. The maximum atomic E-state index is 12.9. The highest BCUT2D eigenvalue weighted by atomic mass is 16.7.